The van der Waals surface area contributed by atoms with Crippen LogP contribution in [-0.4, -0.2) is 24.3 Å². The average molecular weight is 173 g/mol. The molecule has 2 nitrogen and oxygen atoms in total. The van der Waals surface area contributed by atoms with Crippen molar-refractivity contribution in [2.45, 2.75) is 52.2 Å². The van der Waals surface area contributed by atoms with E-state index in [-0.39, 0.29) is 12.1 Å². The third kappa shape index (κ3) is 4.07. The summed E-state index contributed by atoms with van der Waals surface area (Å²) in [5.74, 6) is 0.502. The van der Waals surface area contributed by atoms with Crippen molar-refractivity contribution in [2.75, 3.05) is 7.05 Å². The minimum absolute atomic E-state index is 0.185. The summed E-state index contributed by atoms with van der Waals surface area (Å²) in [5.41, 5.74) is 0. The molecule has 0 fully saturated rings. The molecule has 2 heteroatoms. The van der Waals surface area contributed by atoms with E-state index in [0.29, 0.717) is 5.92 Å². The number of nitrogens with one attached hydrogen (secondary N) is 1. The van der Waals surface area contributed by atoms with E-state index in [4.69, 9.17) is 0 Å². The quantitative estimate of drug-likeness (QED) is 0.641. The molecule has 0 radical (unpaired) electrons. The Morgan fingerprint density at radius 2 is 1.92 bits per heavy atom. The summed E-state index contributed by atoms with van der Waals surface area (Å²) < 4.78 is 0. The van der Waals surface area contributed by atoms with Crippen LogP contribution in [-0.2, 0) is 0 Å². The number of aliphatic hydroxyl groups is 1. The number of likely N-dealkylation sites (N-methyl/N-ethyl adjacent to an activating group) is 1. The zero-order chi connectivity index (χ0) is 9.56. The third-order valence-corrected chi connectivity index (χ3v) is 2.32. The van der Waals surface area contributed by atoms with Crippen molar-refractivity contribution in [1.29, 1.82) is 0 Å². The molecular weight excluding hydrogens is 150 g/mol. The first-order chi connectivity index (χ1) is 5.63. The molecule has 0 aliphatic rings. The topological polar surface area (TPSA) is 32.3 Å². The summed E-state index contributed by atoms with van der Waals surface area (Å²) in [6, 6.07) is 0.247. The van der Waals surface area contributed by atoms with Crippen molar-refractivity contribution in [2.24, 2.45) is 5.92 Å². The maximum absolute atomic E-state index is 9.75. The van der Waals surface area contributed by atoms with Gasteiger partial charge >= 0.3 is 0 Å². The highest BCUT2D eigenvalue weighted by atomic mass is 16.3. The summed E-state index contributed by atoms with van der Waals surface area (Å²) in [5, 5.41) is 12.9. The van der Waals surface area contributed by atoms with Gasteiger partial charge < -0.3 is 10.4 Å². The van der Waals surface area contributed by atoms with E-state index in [1.807, 2.05) is 7.05 Å². The molecule has 0 saturated carbocycles. The number of unbranched alkanes of at least 4 members (excludes halogenated alkanes) is 1. The van der Waals surface area contributed by atoms with Crippen LogP contribution in [0.2, 0.25) is 0 Å². The molecule has 74 valence electrons. The Morgan fingerprint density at radius 3 is 2.25 bits per heavy atom. The van der Waals surface area contributed by atoms with Gasteiger partial charge in [0.1, 0.15) is 0 Å². The van der Waals surface area contributed by atoms with Crippen molar-refractivity contribution in [3.8, 4) is 0 Å². The highest BCUT2D eigenvalue weighted by molar-refractivity contribution is 4.76. The molecule has 12 heavy (non-hydrogen) atoms. The van der Waals surface area contributed by atoms with Crippen molar-refractivity contribution >= 4 is 0 Å². The molecule has 0 aromatic rings. The van der Waals surface area contributed by atoms with Crippen LogP contribution >= 0.6 is 0 Å². The molecular formula is C10H23NO. The van der Waals surface area contributed by atoms with Gasteiger partial charge in [0.25, 0.3) is 0 Å². The summed E-state index contributed by atoms with van der Waals surface area (Å²) in [6.45, 7) is 6.42. The molecule has 0 bridgehead atoms. The van der Waals surface area contributed by atoms with Gasteiger partial charge in [0, 0.05) is 6.04 Å². The van der Waals surface area contributed by atoms with Gasteiger partial charge in [0.15, 0.2) is 0 Å². The van der Waals surface area contributed by atoms with E-state index >= 15 is 0 Å². The first-order valence-corrected chi connectivity index (χ1v) is 4.98. The van der Waals surface area contributed by atoms with Gasteiger partial charge in [-0.2, -0.15) is 0 Å². The Morgan fingerprint density at radius 1 is 1.33 bits per heavy atom. The first kappa shape index (κ1) is 11.9. The lowest BCUT2D eigenvalue weighted by molar-refractivity contribution is 0.0985. The molecule has 0 aromatic carbocycles. The Bertz CT molecular complexity index is 104. The molecule has 2 unspecified atom stereocenters. The second-order valence-corrected chi connectivity index (χ2v) is 3.77. The Hall–Kier alpha value is -0.0800. The average Bonchev–Trinajstić information content (AvgIpc) is 2.01. The van der Waals surface area contributed by atoms with Crippen molar-refractivity contribution in [3.05, 3.63) is 0 Å². The summed E-state index contributed by atoms with van der Waals surface area (Å²) in [7, 11) is 1.92. The summed E-state index contributed by atoms with van der Waals surface area (Å²) >= 11 is 0. The normalized spacial score (nSPS) is 16.5. The number of hydrogen-bond donors (Lipinski definition) is 2. The molecule has 0 rings (SSSR count). The van der Waals surface area contributed by atoms with Crippen LogP contribution in [0.15, 0.2) is 0 Å². The maximum atomic E-state index is 9.75. The van der Waals surface area contributed by atoms with Gasteiger partial charge in [0.05, 0.1) is 6.10 Å². The fourth-order valence-electron chi connectivity index (χ4n) is 1.56. The van der Waals surface area contributed by atoms with Crippen molar-refractivity contribution in [3.63, 3.8) is 0 Å². The molecule has 0 aliphatic carbocycles. The van der Waals surface area contributed by atoms with Crippen molar-refractivity contribution < 1.29 is 5.11 Å². The van der Waals surface area contributed by atoms with Crippen LogP contribution in [0.5, 0.6) is 0 Å². The lowest BCUT2D eigenvalue weighted by atomic mass is 9.95. The first-order valence-electron chi connectivity index (χ1n) is 4.98. The fraction of sp³-hybridized carbons (Fsp3) is 1.00. The molecule has 2 N–H and O–H groups in total. The molecule has 0 saturated heterocycles. The van der Waals surface area contributed by atoms with E-state index in [1.165, 1.54) is 0 Å². The van der Waals surface area contributed by atoms with Gasteiger partial charge in [-0.3, -0.25) is 0 Å². The van der Waals surface area contributed by atoms with Gasteiger partial charge in [0.2, 0.25) is 0 Å². The third-order valence-electron chi connectivity index (χ3n) is 2.32. The molecule has 0 amide bonds. The second-order valence-electron chi connectivity index (χ2n) is 3.77. The molecule has 0 heterocycles. The van der Waals surface area contributed by atoms with Gasteiger partial charge in [-0.1, -0.05) is 33.6 Å². The van der Waals surface area contributed by atoms with Crippen LogP contribution in [0.4, 0.5) is 0 Å². The maximum Gasteiger partial charge on any atom is 0.0695 e. The predicted molar refractivity (Wildman–Crippen MR) is 53.2 cm³/mol. The van der Waals surface area contributed by atoms with Crippen LogP contribution in [0, 0.1) is 5.92 Å². The van der Waals surface area contributed by atoms with Crippen molar-refractivity contribution in [1.82, 2.24) is 5.32 Å². The Kier molecular flexibility index (Phi) is 6.39. The van der Waals surface area contributed by atoms with Gasteiger partial charge in [-0.05, 0) is 19.4 Å². The lowest BCUT2D eigenvalue weighted by Crippen LogP contribution is -2.41. The molecule has 2 atom stereocenters. The van der Waals surface area contributed by atoms with E-state index in [1.54, 1.807) is 0 Å². The fourth-order valence-corrected chi connectivity index (χ4v) is 1.56. The highest BCUT2D eigenvalue weighted by Crippen LogP contribution is 2.11. The Labute approximate surface area is 76.4 Å². The lowest BCUT2D eigenvalue weighted by Gasteiger charge is -2.25. The zero-order valence-electron chi connectivity index (χ0n) is 8.80. The number of hydrogen-bond acceptors (Lipinski definition) is 2. The van der Waals surface area contributed by atoms with E-state index in [9.17, 15) is 5.11 Å². The Balaban J connectivity index is 3.77. The minimum Gasteiger partial charge on any atom is -0.391 e. The molecule has 0 aliphatic heterocycles. The van der Waals surface area contributed by atoms with Crippen LogP contribution in [0.25, 0.3) is 0 Å². The predicted octanol–water partition coefficient (Wildman–Crippen LogP) is 1.78. The van der Waals surface area contributed by atoms with Crippen LogP contribution < -0.4 is 5.32 Å². The summed E-state index contributed by atoms with van der Waals surface area (Å²) in [6.07, 6.45) is 3.01. The zero-order valence-corrected chi connectivity index (χ0v) is 8.80. The smallest absolute Gasteiger partial charge is 0.0695 e. The number of rotatable bonds is 6. The van der Waals surface area contributed by atoms with Crippen LogP contribution in [0.3, 0.4) is 0 Å². The van der Waals surface area contributed by atoms with Gasteiger partial charge in [-0.25, -0.2) is 0 Å². The van der Waals surface area contributed by atoms with Crippen LogP contribution in [0.1, 0.15) is 40.0 Å². The number of aliphatic hydroxyl groups excluding tert-OH is 1. The van der Waals surface area contributed by atoms with E-state index in [0.717, 1.165) is 19.3 Å². The van der Waals surface area contributed by atoms with E-state index in [2.05, 4.69) is 26.1 Å². The van der Waals surface area contributed by atoms with E-state index < -0.39 is 0 Å². The molecule has 0 spiro atoms. The second kappa shape index (κ2) is 6.44. The monoisotopic (exact) mass is 173 g/mol. The van der Waals surface area contributed by atoms with Gasteiger partial charge in [-0.15, -0.1) is 0 Å². The highest BCUT2D eigenvalue weighted by Gasteiger charge is 2.19. The SMILES string of the molecule is CCCCC(O)C(NC)C(C)C. The molecule has 0 aromatic heterocycles. The largest absolute Gasteiger partial charge is 0.391 e. The summed E-state index contributed by atoms with van der Waals surface area (Å²) in [4.78, 5) is 0. The standard InChI is InChI=1S/C10H23NO/c1-5-6-7-9(12)10(11-4)8(2)3/h8-12H,5-7H2,1-4H3. The minimum atomic E-state index is -0.185.